The van der Waals surface area contributed by atoms with E-state index in [9.17, 15) is 4.79 Å². The maximum atomic E-state index is 12.1. The first-order valence-corrected chi connectivity index (χ1v) is 7.43. The summed E-state index contributed by atoms with van der Waals surface area (Å²) in [6.45, 7) is 2.11. The Hall–Kier alpha value is -0.960. The second-order valence-corrected chi connectivity index (χ2v) is 5.56. The molecule has 1 aromatic rings. The van der Waals surface area contributed by atoms with Gasteiger partial charge in [0.15, 0.2) is 0 Å². The van der Waals surface area contributed by atoms with Gasteiger partial charge in [-0.1, -0.05) is 25.1 Å². The quantitative estimate of drug-likeness (QED) is 0.890. The highest BCUT2D eigenvalue weighted by molar-refractivity contribution is 7.99. The number of hydrogen-bond acceptors (Lipinski definition) is 2. The minimum Gasteiger partial charge on any atom is -0.326 e. The van der Waals surface area contributed by atoms with E-state index in [1.165, 1.54) is 11.3 Å². The molecular weight excluding hydrogens is 230 g/mol. The molecule has 1 aliphatic heterocycles. The highest BCUT2D eigenvalue weighted by Gasteiger charge is 2.21. The lowest BCUT2D eigenvalue weighted by Gasteiger charge is -2.21. The molecule has 1 N–H and O–H groups in total. The van der Waals surface area contributed by atoms with Crippen LogP contribution in [0.2, 0.25) is 0 Å². The molecule has 0 spiro atoms. The standard InChI is InChI=1S/C14H19NOS/c1-2-11-6-3-4-8-13(11)15-14(16)12-7-5-9-17-10-12/h3-4,6,8,12H,2,5,7,9-10H2,1H3,(H,15,16). The van der Waals surface area contributed by atoms with Crippen LogP contribution in [0.25, 0.3) is 0 Å². The number of nitrogens with one attached hydrogen (secondary N) is 1. The van der Waals surface area contributed by atoms with Crippen molar-refractivity contribution < 1.29 is 4.79 Å². The molecule has 0 aromatic heterocycles. The Bertz CT molecular complexity index is 386. The minimum atomic E-state index is 0.193. The Labute approximate surface area is 107 Å². The fraction of sp³-hybridized carbons (Fsp3) is 0.500. The third-order valence-corrected chi connectivity index (χ3v) is 4.40. The number of para-hydroxylation sites is 1. The normalized spacial score (nSPS) is 19.9. The Kier molecular flexibility index (Phi) is 4.49. The molecule has 1 amide bonds. The SMILES string of the molecule is CCc1ccccc1NC(=O)C1CCCSC1. The first-order chi connectivity index (χ1) is 8.31. The lowest BCUT2D eigenvalue weighted by Crippen LogP contribution is -2.27. The maximum Gasteiger partial charge on any atom is 0.228 e. The van der Waals surface area contributed by atoms with Crippen LogP contribution in [-0.2, 0) is 11.2 Å². The molecular formula is C14H19NOS. The number of hydrogen-bond donors (Lipinski definition) is 1. The van der Waals surface area contributed by atoms with Crippen molar-refractivity contribution in [2.24, 2.45) is 5.92 Å². The molecule has 1 aromatic carbocycles. The third kappa shape index (κ3) is 3.25. The minimum absolute atomic E-state index is 0.193. The van der Waals surface area contributed by atoms with Crippen molar-refractivity contribution >= 4 is 23.4 Å². The summed E-state index contributed by atoms with van der Waals surface area (Å²) >= 11 is 1.89. The van der Waals surface area contributed by atoms with E-state index in [4.69, 9.17) is 0 Å². The summed E-state index contributed by atoms with van der Waals surface area (Å²) in [7, 11) is 0. The number of carbonyl (C=O) groups is 1. The van der Waals surface area contributed by atoms with E-state index < -0.39 is 0 Å². The van der Waals surface area contributed by atoms with Crippen LogP contribution in [0.1, 0.15) is 25.3 Å². The number of thioether (sulfide) groups is 1. The highest BCUT2D eigenvalue weighted by atomic mass is 32.2. The van der Waals surface area contributed by atoms with Gasteiger partial charge in [-0.15, -0.1) is 0 Å². The number of rotatable bonds is 3. The van der Waals surface area contributed by atoms with E-state index in [1.54, 1.807) is 0 Å². The summed E-state index contributed by atoms with van der Waals surface area (Å²) in [4.78, 5) is 12.1. The van der Waals surface area contributed by atoms with Crippen LogP contribution in [0, 0.1) is 5.92 Å². The van der Waals surface area contributed by atoms with E-state index in [2.05, 4.69) is 18.3 Å². The summed E-state index contributed by atoms with van der Waals surface area (Å²) in [6, 6.07) is 8.06. The van der Waals surface area contributed by atoms with Gasteiger partial charge in [0, 0.05) is 17.4 Å². The lowest BCUT2D eigenvalue weighted by atomic mass is 10.0. The van der Waals surface area contributed by atoms with Crippen LogP contribution in [0.15, 0.2) is 24.3 Å². The molecule has 1 saturated heterocycles. The second-order valence-electron chi connectivity index (χ2n) is 4.41. The number of carbonyl (C=O) groups excluding carboxylic acids is 1. The second kappa shape index (κ2) is 6.10. The molecule has 3 heteroatoms. The van der Waals surface area contributed by atoms with Crippen LogP contribution in [0.5, 0.6) is 0 Å². The number of anilines is 1. The van der Waals surface area contributed by atoms with Crippen molar-refractivity contribution in [3.8, 4) is 0 Å². The number of benzene rings is 1. The molecule has 1 atom stereocenters. The van der Waals surface area contributed by atoms with E-state index in [-0.39, 0.29) is 11.8 Å². The van der Waals surface area contributed by atoms with Gasteiger partial charge in [0.2, 0.25) is 5.91 Å². The Morgan fingerprint density at radius 1 is 1.47 bits per heavy atom. The number of aryl methyl sites for hydroxylation is 1. The van der Waals surface area contributed by atoms with Crippen LogP contribution in [-0.4, -0.2) is 17.4 Å². The van der Waals surface area contributed by atoms with Gasteiger partial charge < -0.3 is 5.32 Å². The largest absolute Gasteiger partial charge is 0.326 e. The molecule has 0 radical (unpaired) electrons. The van der Waals surface area contributed by atoms with Gasteiger partial charge in [-0.05, 0) is 36.6 Å². The topological polar surface area (TPSA) is 29.1 Å². The Morgan fingerprint density at radius 2 is 2.29 bits per heavy atom. The molecule has 1 unspecified atom stereocenters. The lowest BCUT2D eigenvalue weighted by molar-refractivity contribution is -0.119. The van der Waals surface area contributed by atoms with E-state index in [1.807, 2.05) is 30.0 Å². The molecule has 2 rings (SSSR count). The van der Waals surface area contributed by atoms with Crippen molar-refractivity contribution in [3.63, 3.8) is 0 Å². The first-order valence-electron chi connectivity index (χ1n) is 6.27. The van der Waals surface area contributed by atoms with Crippen LogP contribution in [0.3, 0.4) is 0 Å². The molecule has 0 saturated carbocycles. The Morgan fingerprint density at radius 3 is 3.00 bits per heavy atom. The maximum absolute atomic E-state index is 12.1. The van der Waals surface area contributed by atoms with Gasteiger partial charge in [0.25, 0.3) is 0 Å². The highest BCUT2D eigenvalue weighted by Crippen LogP contribution is 2.24. The molecule has 0 bridgehead atoms. The predicted octanol–water partition coefficient (Wildman–Crippen LogP) is 3.33. The van der Waals surface area contributed by atoms with Gasteiger partial charge >= 0.3 is 0 Å². The number of amides is 1. The van der Waals surface area contributed by atoms with Crippen molar-refractivity contribution in [1.82, 2.24) is 0 Å². The molecule has 1 fully saturated rings. The van der Waals surface area contributed by atoms with Crippen LogP contribution in [0.4, 0.5) is 5.69 Å². The Balaban J connectivity index is 2.01. The summed E-state index contributed by atoms with van der Waals surface area (Å²) < 4.78 is 0. The summed E-state index contributed by atoms with van der Waals surface area (Å²) in [5.41, 5.74) is 2.19. The molecule has 1 aliphatic rings. The summed E-state index contributed by atoms with van der Waals surface area (Å²) in [5, 5.41) is 3.08. The zero-order valence-corrected chi connectivity index (χ0v) is 11.1. The predicted molar refractivity (Wildman–Crippen MR) is 74.5 cm³/mol. The molecule has 17 heavy (non-hydrogen) atoms. The van der Waals surface area contributed by atoms with Crippen molar-refractivity contribution in [2.45, 2.75) is 26.2 Å². The van der Waals surface area contributed by atoms with Gasteiger partial charge in [-0.2, -0.15) is 11.8 Å². The molecule has 92 valence electrons. The zero-order valence-electron chi connectivity index (χ0n) is 10.2. The van der Waals surface area contributed by atoms with Gasteiger partial charge in [0.1, 0.15) is 0 Å². The van der Waals surface area contributed by atoms with Crippen molar-refractivity contribution in [3.05, 3.63) is 29.8 Å². The molecule has 0 aliphatic carbocycles. The fourth-order valence-electron chi connectivity index (χ4n) is 2.13. The van der Waals surface area contributed by atoms with E-state index >= 15 is 0 Å². The van der Waals surface area contributed by atoms with Crippen LogP contribution >= 0.6 is 11.8 Å². The van der Waals surface area contributed by atoms with Crippen molar-refractivity contribution in [1.29, 1.82) is 0 Å². The van der Waals surface area contributed by atoms with Gasteiger partial charge in [-0.3, -0.25) is 4.79 Å². The fourth-order valence-corrected chi connectivity index (χ4v) is 3.27. The van der Waals surface area contributed by atoms with E-state index in [0.29, 0.717) is 0 Å². The molecule has 2 nitrogen and oxygen atoms in total. The zero-order chi connectivity index (χ0) is 12.1. The van der Waals surface area contributed by atoms with Gasteiger partial charge in [-0.25, -0.2) is 0 Å². The smallest absolute Gasteiger partial charge is 0.228 e. The third-order valence-electron chi connectivity index (χ3n) is 3.19. The average Bonchev–Trinajstić information content (AvgIpc) is 2.40. The average molecular weight is 249 g/mol. The summed E-state index contributed by atoms with van der Waals surface area (Å²) in [6.07, 6.45) is 3.15. The van der Waals surface area contributed by atoms with Crippen LogP contribution < -0.4 is 5.32 Å². The first kappa shape index (κ1) is 12.5. The molecule has 1 heterocycles. The monoisotopic (exact) mass is 249 g/mol. The van der Waals surface area contributed by atoms with Gasteiger partial charge in [0.05, 0.1) is 0 Å². The summed E-state index contributed by atoms with van der Waals surface area (Å²) in [5.74, 6) is 2.56. The van der Waals surface area contributed by atoms with Crippen molar-refractivity contribution in [2.75, 3.05) is 16.8 Å². The van der Waals surface area contributed by atoms with E-state index in [0.717, 1.165) is 30.7 Å².